The Kier molecular flexibility index (Phi) is 1.81. The summed E-state index contributed by atoms with van der Waals surface area (Å²) in [7, 11) is 1.69. The summed E-state index contributed by atoms with van der Waals surface area (Å²) in [5.41, 5.74) is 0.996. The van der Waals surface area contributed by atoms with E-state index in [4.69, 9.17) is 5.41 Å². The highest BCUT2D eigenvalue weighted by atomic mass is 32.1. The average Bonchev–Trinajstić information content (AvgIpc) is 2.63. The van der Waals surface area contributed by atoms with E-state index in [1.54, 1.807) is 18.4 Å². The number of carbonyl (C=O) groups is 1. The Morgan fingerprint density at radius 2 is 2.46 bits per heavy atom. The predicted molar refractivity (Wildman–Crippen MR) is 51.1 cm³/mol. The highest BCUT2D eigenvalue weighted by Crippen LogP contribution is 2.25. The van der Waals surface area contributed by atoms with Crippen molar-refractivity contribution < 1.29 is 4.79 Å². The van der Waals surface area contributed by atoms with Crippen molar-refractivity contribution in [3.05, 3.63) is 22.4 Å². The van der Waals surface area contributed by atoms with Gasteiger partial charge in [-0.25, -0.2) is 4.79 Å². The van der Waals surface area contributed by atoms with Gasteiger partial charge in [-0.3, -0.25) is 10.7 Å². The van der Waals surface area contributed by atoms with Crippen LogP contribution in [0.3, 0.4) is 0 Å². The maximum Gasteiger partial charge on any atom is 0.323 e. The van der Waals surface area contributed by atoms with E-state index < -0.39 is 0 Å². The second-order valence-electron chi connectivity index (χ2n) is 2.91. The Bertz CT molecular complexity index is 346. The molecule has 1 saturated heterocycles. The molecule has 0 spiro atoms. The number of nitrogens with one attached hydrogen (secondary N) is 2. The molecule has 1 aromatic rings. The van der Waals surface area contributed by atoms with Gasteiger partial charge in [0.1, 0.15) is 11.9 Å². The van der Waals surface area contributed by atoms with Gasteiger partial charge in [0.25, 0.3) is 0 Å². The zero-order valence-corrected chi connectivity index (χ0v) is 7.89. The van der Waals surface area contributed by atoms with Crippen LogP contribution in [0, 0.1) is 5.41 Å². The summed E-state index contributed by atoms with van der Waals surface area (Å²) in [6, 6.07) is 1.50. The van der Waals surface area contributed by atoms with Crippen LogP contribution < -0.4 is 5.32 Å². The Balaban J connectivity index is 2.34. The van der Waals surface area contributed by atoms with Crippen LogP contribution in [0.5, 0.6) is 0 Å². The first kappa shape index (κ1) is 8.25. The molecule has 1 atom stereocenters. The maximum atomic E-state index is 11.2. The second-order valence-corrected chi connectivity index (χ2v) is 3.69. The van der Waals surface area contributed by atoms with E-state index in [-0.39, 0.29) is 17.9 Å². The molecule has 2 N–H and O–H groups in total. The molecule has 1 aromatic heterocycles. The summed E-state index contributed by atoms with van der Waals surface area (Å²) in [6.45, 7) is 0. The average molecular weight is 195 g/mol. The molecule has 1 fully saturated rings. The lowest BCUT2D eigenvalue weighted by Crippen LogP contribution is -2.25. The summed E-state index contributed by atoms with van der Waals surface area (Å²) < 4.78 is 0. The van der Waals surface area contributed by atoms with Crippen molar-refractivity contribution in [1.82, 2.24) is 10.2 Å². The number of thiophene rings is 1. The van der Waals surface area contributed by atoms with Gasteiger partial charge < -0.3 is 4.90 Å². The third-order valence-electron chi connectivity index (χ3n) is 2.08. The topological polar surface area (TPSA) is 56.2 Å². The third kappa shape index (κ3) is 1.21. The maximum absolute atomic E-state index is 11.2. The molecule has 4 nitrogen and oxygen atoms in total. The Morgan fingerprint density at radius 3 is 2.92 bits per heavy atom. The molecule has 1 aliphatic rings. The molecule has 0 bridgehead atoms. The van der Waals surface area contributed by atoms with Gasteiger partial charge in [-0.15, -0.1) is 0 Å². The number of hydrogen-bond acceptors (Lipinski definition) is 3. The second kappa shape index (κ2) is 2.85. The lowest BCUT2D eigenvalue weighted by Gasteiger charge is -2.15. The van der Waals surface area contributed by atoms with Crippen LogP contribution in [-0.2, 0) is 0 Å². The lowest BCUT2D eigenvalue weighted by atomic mass is 10.1. The normalized spacial score (nSPS) is 22.2. The quantitative estimate of drug-likeness (QED) is 0.699. The van der Waals surface area contributed by atoms with Gasteiger partial charge >= 0.3 is 6.03 Å². The van der Waals surface area contributed by atoms with Crippen LogP contribution in [0.1, 0.15) is 11.6 Å². The number of rotatable bonds is 1. The van der Waals surface area contributed by atoms with E-state index in [1.807, 2.05) is 16.8 Å². The Labute approximate surface area is 79.7 Å². The summed E-state index contributed by atoms with van der Waals surface area (Å²) in [6.07, 6.45) is 0. The summed E-state index contributed by atoms with van der Waals surface area (Å²) in [5.74, 6) is 0.255. The van der Waals surface area contributed by atoms with E-state index in [2.05, 4.69) is 5.32 Å². The number of hydrogen-bond donors (Lipinski definition) is 2. The van der Waals surface area contributed by atoms with Gasteiger partial charge in [0, 0.05) is 7.05 Å². The fourth-order valence-corrected chi connectivity index (χ4v) is 2.08. The molecule has 1 aliphatic heterocycles. The first-order valence-corrected chi connectivity index (χ1v) is 4.79. The number of carbonyl (C=O) groups excluding carboxylic acids is 1. The molecule has 2 amide bonds. The minimum Gasteiger partial charge on any atom is -0.313 e. The molecule has 5 heteroatoms. The highest BCUT2D eigenvalue weighted by molar-refractivity contribution is 7.08. The summed E-state index contributed by atoms with van der Waals surface area (Å²) in [5, 5.41) is 14.0. The monoisotopic (exact) mass is 195 g/mol. The minimum absolute atomic E-state index is 0.207. The van der Waals surface area contributed by atoms with Gasteiger partial charge in [-0.05, 0) is 22.4 Å². The number of nitrogens with zero attached hydrogens (tertiary/aromatic N) is 1. The third-order valence-corrected chi connectivity index (χ3v) is 2.78. The molecule has 0 radical (unpaired) electrons. The summed E-state index contributed by atoms with van der Waals surface area (Å²) >= 11 is 1.57. The van der Waals surface area contributed by atoms with E-state index in [9.17, 15) is 4.79 Å². The van der Waals surface area contributed by atoms with Crippen molar-refractivity contribution in [3.8, 4) is 0 Å². The molecule has 0 saturated carbocycles. The molecule has 2 rings (SSSR count). The first-order chi connectivity index (χ1) is 6.20. The number of urea groups is 1. The van der Waals surface area contributed by atoms with E-state index in [0.717, 1.165) is 5.56 Å². The molecule has 13 heavy (non-hydrogen) atoms. The van der Waals surface area contributed by atoms with E-state index in [0.29, 0.717) is 0 Å². The van der Waals surface area contributed by atoms with Crippen LogP contribution in [-0.4, -0.2) is 23.8 Å². The zero-order valence-electron chi connectivity index (χ0n) is 7.07. The smallest absolute Gasteiger partial charge is 0.313 e. The molecule has 0 aliphatic carbocycles. The van der Waals surface area contributed by atoms with Crippen LogP contribution in [0.2, 0.25) is 0 Å². The molecular weight excluding hydrogens is 186 g/mol. The predicted octanol–water partition coefficient (Wildman–Crippen LogP) is 1.42. The Hall–Kier alpha value is -1.36. The number of likely N-dealkylation sites (N-methyl/N-ethyl adjacent to an activating group) is 1. The van der Waals surface area contributed by atoms with E-state index in [1.165, 1.54) is 4.90 Å². The van der Waals surface area contributed by atoms with Crippen molar-refractivity contribution in [3.63, 3.8) is 0 Å². The number of amides is 2. The van der Waals surface area contributed by atoms with Crippen LogP contribution in [0.25, 0.3) is 0 Å². The van der Waals surface area contributed by atoms with Crippen LogP contribution in [0.4, 0.5) is 4.79 Å². The van der Waals surface area contributed by atoms with Gasteiger partial charge in [0.05, 0.1) is 0 Å². The minimum atomic E-state index is -0.223. The fraction of sp³-hybridized carbons (Fsp3) is 0.250. The van der Waals surface area contributed by atoms with Crippen LogP contribution in [0.15, 0.2) is 16.8 Å². The molecular formula is C8H9N3OS. The highest BCUT2D eigenvalue weighted by Gasteiger charge is 2.33. The zero-order chi connectivity index (χ0) is 9.42. The van der Waals surface area contributed by atoms with Gasteiger partial charge in [-0.2, -0.15) is 11.3 Å². The van der Waals surface area contributed by atoms with Crippen molar-refractivity contribution in [1.29, 1.82) is 5.41 Å². The lowest BCUT2D eigenvalue weighted by molar-refractivity contribution is 0.217. The summed E-state index contributed by atoms with van der Waals surface area (Å²) in [4.78, 5) is 12.7. The largest absolute Gasteiger partial charge is 0.323 e. The van der Waals surface area contributed by atoms with E-state index >= 15 is 0 Å². The van der Waals surface area contributed by atoms with Gasteiger partial charge in [0.2, 0.25) is 0 Å². The Morgan fingerprint density at radius 1 is 1.69 bits per heavy atom. The molecule has 68 valence electrons. The SMILES string of the molecule is CN1C(=O)NC(=N)C1c1ccsc1. The van der Waals surface area contributed by atoms with Gasteiger partial charge in [0.15, 0.2) is 0 Å². The van der Waals surface area contributed by atoms with Crippen molar-refractivity contribution in [2.45, 2.75) is 6.04 Å². The van der Waals surface area contributed by atoms with Crippen LogP contribution >= 0.6 is 11.3 Å². The molecule has 0 aromatic carbocycles. The molecule has 2 heterocycles. The van der Waals surface area contributed by atoms with Crippen molar-refractivity contribution in [2.75, 3.05) is 7.05 Å². The molecule has 1 unspecified atom stereocenters. The van der Waals surface area contributed by atoms with Gasteiger partial charge in [-0.1, -0.05) is 0 Å². The van der Waals surface area contributed by atoms with Crippen molar-refractivity contribution in [2.24, 2.45) is 0 Å². The fourth-order valence-electron chi connectivity index (χ4n) is 1.40. The standard InChI is InChI=1S/C8H9N3OS/c1-11-6(5-2-3-13-4-5)7(9)10-8(11)12/h2-4,6H,1H3,(H2,9,10,12). The first-order valence-electron chi connectivity index (χ1n) is 3.84. The number of amidine groups is 1. The van der Waals surface area contributed by atoms with Crippen molar-refractivity contribution >= 4 is 23.2 Å².